The van der Waals surface area contributed by atoms with Crippen molar-refractivity contribution >= 4 is 29.5 Å². The monoisotopic (exact) mass is 315 g/mol. The SMILES string of the molecule is CC(=O)N[C@@H](C)C(=O)C[C@@H](C)C(=O)N[C@@H](CC(=O)O)C(N)=O. The fourth-order valence-electron chi connectivity index (χ4n) is 1.67. The van der Waals surface area contributed by atoms with Crippen LogP contribution in [0.15, 0.2) is 0 Å². The van der Waals surface area contributed by atoms with Crippen LogP contribution < -0.4 is 16.4 Å². The van der Waals surface area contributed by atoms with Crippen LogP contribution in [0, 0.1) is 5.92 Å². The molecule has 0 bridgehead atoms. The highest BCUT2D eigenvalue weighted by Crippen LogP contribution is 2.06. The lowest BCUT2D eigenvalue weighted by atomic mass is 9.99. The molecule has 0 aliphatic carbocycles. The van der Waals surface area contributed by atoms with Gasteiger partial charge in [-0.3, -0.25) is 24.0 Å². The number of carbonyl (C=O) groups is 5. The fourth-order valence-corrected chi connectivity index (χ4v) is 1.67. The van der Waals surface area contributed by atoms with E-state index in [0.29, 0.717) is 0 Å². The highest BCUT2D eigenvalue weighted by molar-refractivity contribution is 5.94. The highest BCUT2D eigenvalue weighted by atomic mass is 16.4. The first-order valence-electron chi connectivity index (χ1n) is 6.65. The van der Waals surface area contributed by atoms with Gasteiger partial charge in [-0.15, -0.1) is 0 Å². The van der Waals surface area contributed by atoms with Crippen LogP contribution >= 0.6 is 0 Å². The molecular weight excluding hydrogens is 294 g/mol. The summed E-state index contributed by atoms with van der Waals surface area (Å²) in [6.45, 7) is 4.21. The summed E-state index contributed by atoms with van der Waals surface area (Å²) in [6.07, 6.45) is -0.796. The number of ketones is 1. The highest BCUT2D eigenvalue weighted by Gasteiger charge is 2.26. The lowest BCUT2D eigenvalue weighted by Gasteiger charge is -2.18. The molecule has 0 aliphatic rings. The summed E-state index contributed by atoms with van der Waals surface area (Å²) in [5.74, 6) is -4.43. The van der Waals surface area contributed by atoms with E-state index in [9.17, 15) is 24.0 Å². The normalized spacial score (nSPS) is 14.3. The van der Waals surface area contributed by atoms with Crippen LogP contribution in [0.3, 0.4) is 0 Å². The van der Waals surface area contributed by atoms with E-state index < -0.39 is 42.2 Å². The van der Waals surface area contributed by atoms with Gasteiger partial charge < -0.3 is 21.5 Å². The van der Waals surface area contributed by atoms with E-state index in [0.717, 1.165) is 0 Å². The van der Waals surface area contributed by atoms with Gasteiger partial charge in [0, 0.05) is 19.3 Å². The number of hydrogen-bond acceptors (Lipinski definition) is 5. The van der Waals surface area contributed by atoms with Gasteiger partial charge in [-0.25, -0.2) is 0 Å². The Balaban J connectivity index is 4.58. The van der Waals surface area contributed by atoms with Gasteiger partial charge in [-0.05, 0) is 6.92 Å². The van der Waals surface area contributed by atoms with Crippen molar-refractivity contribution < 1.29 is 29.1 Å². The summed E-state index contributed by atoms with van der Waals surface area (Å²) in [4.78, 5) is 56.2. The number of carbonyl (C=O) groups excluding carboxylic acids is 4. The van der Waals surface area contributed by atoms with Crippen molar-refractivity contribution in [3.63, 3.8) is 0 Å². The minimum atomic E-state index is -1.34. The quantitative estimate of drug-likeness (QED) is 0.408. The largest absolute Gasteiger partial charge is 0.481 e. The molecule has 0 spiro atoms. The van der Waals surface area contributed by atoms with Crippen molar-refractivity contribution in [3.8, 4) is 0 Å². The van der Waals surface area contributed by atoms with E-state index in [-0.39, 0.29) is 18.1 Å². The molecule has 5 N–H and O–H groups in total. The molecule has 3 amide bonds. The number of hydrogen-bond donors (Lipinski definition) is 4. The first-order chi connectivity index (χ1) is 10.0. The fraction of sp³-hybridized carbons (Fsp3) is 0.615. The molecule has 0 aliphatic heterocycles. The molecule has 0 unspecified atom stereocenters. The summed E-state index contributed by atoms with van der Waals surface area (Å²) in [5.41, 5.74) is 5.01. The van der Waals surface area contributed by atoms with Gasteiger partial charge in [0.05, 0.1) is 12.5 Å². The molecule has 0 aromatic rings. The van der Waals surface area contributed by atoms with E-state index in [4.69, 9.17) is 10.8 Å². The van der Waals surface area contributed by atoms with Crippen LogP contribution in [0.2, 0.25) is 0 Å². The predicted octanol–water partition coefficient (Wildman–Crippen LogP) is -1.45. The van der Waals surface area contributed by atoms with Crippen molar-refractivity contribution in [2.45, 2.75) is 45.7 Å². The Morgan fingerprint density at radius 2 is 1.59 bits per heavy atom. The van der Waals surface area contributed by atoms with E-state index >= 15 is 0 Å². The summed E-state index contributed by atoms with van der Waals surface area (Å²) >= 11 is 0. The van der Waals surface area contributed by atoms with Gasteiger partial charge in [-0.2, -0.15) is 0 Å². The number of aliphatic carboxylic acids is 1. The number of nitrogens with two attached hydrogens (primary N) is 1. The Hall–Kier alpha value is -2.45. The second kappa shape index (κ2) is 8.75. The second-order valence-electron chi connectivity index (χ2n) is 5.06. The first kappa shape index (κ1) is 19.6. The minimum Gasteiger partial charge on any atom is -0.481 e. The van der Waals surface area contributed by atoms with Gasteiger partial charge in [0.15, 0.2) is 5.78 Å². The number of carboxylic acid groups (broad SMARTS) is 1. The molecule has 0 heterocycles. The average molecular weight is 315 g/mol. The van der Waals surface area contributed by atoms with E-state index in [1.54, 1.807) is 0 Å². The molecule has 3 atom stereocenters. The van der Waals surface area contributed by atoms with Crippen molar-refractivity contribution in [2.75, 3.05) is 0 Å². The number of rotatable bonds is 9. The Labute approximate surface area is 127 Å². The molecule has 9 nitrogen and oxygen atoms in total. The molecule has 22 heavy (non-hydrogen) atoms. The predicted molar refractivity (Wildman–Crippen MR) is 75.4 cm³/mol. The first-order valence-corrected chi connectivity index (χ1v) is 6.65. The maximum absolute atomic E-state index is 11.9. The lowest BCUT2D eigenvalue weighted by molar-refractivity contribution is -0.140. The van der Waals surface area contributed by atoms with E-state index in [1.807, 2.05) is 0 Å². The molecular formula is C13H21N3O6. The minimum absolute atomic E-state index is 0.161. The lowest BCUT2D eigenvalue weighted by Crippen LogP contribution is -2.48. The average Bonchev–Trinajstić information content (AvgIpc) is 2.35. The van der Waals surface area contributed by atoms with Crippen LogP contribution in [0.5, 0.6) is 0 Å². The summed E-state index contributed by atoms with van der Waals surface area (Å²) in [6, 6.07) is -2.07. The van der Waals surface area contributed by atoms with Crippen LogP contribution in [-0.2, 0) is 24.0 Å². The molecule has 0 rings (SSSR count). The van der Waals surface area contributed by atoms with Gasteiger partial charge in [0.1, 0.15) is 6.04 Å². The van der Waals surface area contributed by atoms with Gasteiger partial charge in [0.2, 0.25) is 17.7 Å². The van der Waals surface area contributed by atoms with Gasteiger partial charge >= 0.3 is 5.97 Å². The molecule has 0 aromatic carbocycles. The third-order valence-corrected chi connectivity index (χ3v) is 2.90. The molecule has 0 radical (unpaired) electrons. The van der Waals surface area contributed by atoms with Gasteiger partial charge in [-0.1, -0.05) is 6.92 Å². The Morgan fingerprint density at radius 3 is 2.00 bits per heavy atom. The number of nitrogens with one attached hydrogen (secondary N) is 2. The van der Waals surface area contributed by atoms with Crippen molar-refractivity contribution in [1.82, 2.24) is 10.6 Å². The zero-order valence-corrected chi connectivity index (χ0v) is 12.7. The molecule has 124 valence electrons. The zero-order valence-electron chi connectivity index (χ0n) is 12.7. The van der Waals surface area contributed by atoms with E-state index in [1.165, 1.54) is 20.8 Å². The maximum Gasteiger partial charge on any atom is 0.305 e. The number of carboxylic acids is 1. The third-order valence-electron chi connectivity index (χ3n) is 2.90. The molecule has 0 fully saturated rings. The number of Topliss-reactive ketones (excluding diaryl/α,β-unsaturated/α-hetero) is 1. The topological polar surface area (TPSA) is 156 Å². The standard InChI is InChI=1S/C13H21N3O6/c1-6(4-10(18)7(2)15-8(3)17)13(22)16-9(12(14)21)5-11(19)20/h6-7,9H,4-5H2,1-3H3,(H2,14,21)(H,15,17)(H,16,22)(H,19,20)/t6-,7+,9+/m1/s1. The summed E-state index contributed by atoms with van der Waals surface area (Å²) in [7, 11) is 0. The number of primary amides is 1. The maximum atomic E-state index is 11.9. The number of amides is 3. The van der Waals surface area contributed by atoms with Crippen LogP contribution in [0.25, 0.3) is 0 Å². The Bertz CT molecular complexity index is 476. The van der Waals surface area contributed by atoms with Crippen LogP contribution in [0.4, 0.5) is 0 Å². The Morgan fingerprint density at radius 1 is 1.05 bits per heavy atom. The molecule has 0 saturated heterocycles. The van der Waals surface area contributed by atoms with Crippen molar-refractivity contribution in [2.24, 2.45) is 11.7 Å². The smallest absolute Gasteiger partial charge is 0.305 e. The van der Waals surface area contributed by atoms with Crippen LogP contribution in [0.1, 0.15) is 33.6 Å². The van der Waals surface area contributed by atoms with Crippen LogP contribution in [-0.4, -0.2) is 46.7 Å². The zero-order chi connectivity index (χ0) is 17.4. The third kappa shape index (κ3) is 7.36. The van der Waals surface area contributed by atoms with Crippen molar-refractivity contribution in [3.05, 3.63) is 0 Å². The summed E-state index contributed by atoms with van der Waals surface area (Å²) < 4.78 is 0. The molecule has 0 aromatic heterocycles. The van der Waals surface area contributed by atoms with E-state index in [2.05, 4.69) is 10.6 Å². The summed E-state index contributed by atoms with van der Waals surface area (Å²) in [5, 5.41) is 13.2. The molecule has 0 saturated carbocycles. The van der Waals surface area contributed by atoms with Crippen molar-refractivity contribution in [1.29, 1.82) is 0 Å². The molecule has 9 heteroatoms. The van der Waals surface area contributed by atoms with Gasteiger partial charge in [0.25, 0.3) is 0 Å². The Kier molecular flexibility index (Phi) is 7.78. The second-order valence-corrected chi connectivity index (χ2v) is 5.06.